The Morgan fingerprint density at radius 1 is 1.34 bits per heavy atom. The second kappa shape index (κ2) is 7.97. The highest BCUT2D eigenvalue weighted by Crippen LogP contribution is 2.40. The van der Waals surface area contributed by atoms with Gasteiger partial charge in [-0.1, -0.05) is 12.1 Å². The van der Waals surface area contributed by atoms with Crippen LogP contribution >= 0.6 is 11.8 Å². The van der Waals surface area contributed by atoms with Crippen LogP contribution in [0.5, 0.6) is 5.75 Å². The Morgan fingerprint density at radius 2 is 2.10 bits per heavy atom. The standard InChI is InChI=1S/C22H23N3O3S/c1-13-10-18-20(22(26)25(13)12-15-4-3-9-27-15)19(17(11-23)21(24)28-18)14-5-7-16(29-2)8-6-14/h5-8,10,15,19H,3-4,9,12,24H2,1-2H3/t15-,19-/m0/s1. The molecule has 0 radical (unpaired) electrons. The van der Waals surface area contributed by atoms with Gasteiger partial charge in [0.05, 0.1) is 24.1 Å². The lowest BCUT2D eigenvalue weighted by atomic mass is 9.84. The molecule has 7 heteroatoms. The number of allylic oxidation sites excluding steroid dienone is 1. The molecule has 2 aliphatic rings. The van der Waals surface area contributed by atoms with Crippen molar-refractivity contribution in [2.75, 3.05) is 12.9 Å². The van der Waals surface area contributed by atoms with Crippen LogP contribution in [0.25, 0.3) is 0 Å². The van der Waals surface area contributed by atoms with E-state index < -0.39 is 5.92 Å². The van der Waals surface area contributed by atoms with Gasteiger partial charge >= 0.3 is 0 Å². The van der Waals surface area contributed by atoms with Crippen LogP contribution in [0.3, 0.4) is 0 Å². The third-order valence-corrected chi connectivity index (χ3v) is 6.29. The molecule has 3 heterocycles. The van der Waals surface area contributed by atoms with Crippen LogP contribution in [0.2, 0.25) is 0 Å². The van der Waals surface area contributed by atoms with Crippen molar-refractivity contribution in [3.05, 3.63) is 69.0 Å². The summed E-state index contributed by atoms with van der Waals surface area (Å²) in [4.78, 5) is 14.7. The molecule has 1 aromatic heterocycles. The minimum atomic E-state index is -0.552. The highest BCUT2D eigenvalue weighted by atomic mass is 32.2. The Morgan fingerprint density at radius 3 is 2.72 bits per heavy atom. The first-order valence-corrected chi connectivity index (χ1v) is 10.8. The number of aryl methyl sites for hydroxylation is 1. The van der Waals surface area contributed by atoms with Crippen LogP contribution in [-0.2, 0) is 11.3 Å². The lowest BCUT2D eigenvalue weighted by Gasteiger charge is -2.28. The normalized spacial score (nSPS) is 20.9. The molecule has 4 rings (SSSR count). The van der Waals surface area contributed by atoms with E-state index in [1.807, 2.05) is 43.5 Å². The lowest BCUT2D eigenvalue weighted by Crippen LogP contribution is -2.35. The molecule has 29 heavy (non-hydrogen) atoms. The first-order chi connectivity index (χ1) is 14.0. The van der Waals surface area contributed by atoms with Gasteiger partial charge in [-0.15, -0.1) is 11.8 Å². The van der Waals surface area contributed by atoms with E-state index in [1.165, 1.54) is 0 Å². The van der Waals surface area contributed by atoms with E-state index in [0.717, 1.165) is 35.6 Å². The number of ether oxygens (including phenoxy) is 2. The summed E-state index contributed by atoms with van der Waals surface area (Å²) in [5.41, 5.74) is 8.25. The first-order valence-electron chi connectivity index (χ1n) is 9.61. The Bertz CT molecular complexity index is 1060. The highest BCUT2D eigenvalue weighted by Gasteiger charge is 2.34. The van der Waals surface area contributed by atoms with Gasteiger partial charge in [0, 0.05) is 23.3 Å². The van der Waals surface area contributed by atoms with Gasteiger partial charge in [0.15, 0.2) is 0 Å². The monoisotopic (exact) mass is 409 g/mol. The molecule has 2 aromatic rings. The number of hydrogen-bond acceptors (Lipinski definition) is 6. The van der Waals surface area contributed by atoms with E-state index in [1.54, 1.807) is 16.3 Å². The van der Waals surface area contributed by atoms with E-state index in [2.05, 4.69) is 6.07 Å². The minimum Gasteiger partial charge on any atom is -0.440 e. The number of hydrogen-bond donors (Lipinski definition) is 1. The van der Waals surface area contributed by atoms with Crippen LogP contribution in [0.1, 0.15) is 35.6 Å². The van der Waals surface area contributed by atoms with Crippen molar-refractivity contribution in [1.29, 1.82) is 5.26 Å². The number of thioether (sulfide) groups is 1. The van der Waals surface area contributed by atoms with Crippen LogP contribution in [0, 0.1) is 18.3 Å². The van der Waals surface area contributed by atoms with Gasteiger partial charge in [-0.2, -0.15) is 5.26 Å². The van der Waals surface area contributed by atoms with Gasteiger partial charge in [-0.25, -0.2) is 0 Å². The fourth-order valence-corrected chi connectivity index (χ4v) is 4.44. The molecular formula is C22H23N3O3S. The summed E-state index contributed by atoms with van der Waals surface area (Å²) in [6.45, 7) is 3.11. The fraction of sp³-hybridized carbons (Fsp3) is 0.364. The van der Waals surface area contributed by atoms with Crippen LogP contribution < -0.4 is 16.0 Å². The second-order valence-electron chi connectivity index (χ2n) is 7.31. The number of nitrogens with two attached hydrogens (primary N) is 1. The number of nitriles is 1. The number of pyridine rings is 1. The highest BCUT2D eigenvalue weighted by molar-refractivity contribution is 7.98. The molecule has 0 spiro atoms. The molecule has 0 saturated carbocycles. The SMILES string of the molecule is CSc1ccc([C@H]2C(C#N)=C(N)Oc3cc(C)n(C[C@@H]4CCCO4)c(=O)c32)cc1. The summed E-state index contributed by atoms with van der Waals surface area (Å²) < 4.78 is 13.2. The number of fused-ring (bicyclic) bond motifs is 1. The molecule has 1 fully saturated rings. The third kappa shape index (κ3) is 3.54. The Hall–Kier alpha value is -2.69. The van der Waals surface area contributed by atoms with Crippen molar-refractivity contribution in [2.24, 2.45) is 5.73 Å². The van der Waals surface area contributed by atoms with Gasteiger partial charge in [0.2, 0.25) is 5.88 Å². The average molecular weight is 410 g/mol. The summed E-state index contributed by atoms with van der Waals surface area (Å²) in [5, 5.41) is 9.76. The summed E-state index contributed by atoms with van der Waals surface area (Å²) in [5.74, 6) is -0.0790. The van der Waals surface area contributed by atoms with Crippen molar-refractivity contribution in [3.63, 3.8) is 0 Å². The summed E-state index contributed by atoms with van der Waals surface area (Å²) >= 11 is 1.64. The maximum atomic E-state index is 13.5. The predicted molar refractivity (Wildman–Crippen MR) is 112 cm³/mol. The Balaban J connectivity index is 1.87. The maximum Gasteiger partial charge on any atom is 0.258 e. The van der Waals surface area contributed by atoms with Crippen LogP contribution in [0.15, 0.2) is 51.5 Å². The molecule has 1 saturated heterocycles. The number of rotatable bonds is 4. The summed E-state index contributed by atoms with van der Waals surface area (Å²) in [6.07, 6.45) is 3.98. The first kappa shape index (κ1) is 19.6. The van der Waals surface area contributed by atoms with Crippen molar-refractivity contribution in [3.8, 4) is 11.8 Å². The molecular weight excluding hydrogens is 386 g/mol. The van der Waals surface area contributed by atoms with Crippen LogP contribution in [0.4, 0.5) is 0 Å². The smallest absolute Gasteiger partial charge is 0.258 e. The molecule has 0 amide bonds. The zero-order valence-electron chi connectivity index (χ0n) is 16.5. The second-order valence-corrected chi connectivity index (χ2v) is 8.19. The van der Waals surface area contributed by atoms with E-state index in [4.69, 9.17) is 15.2 Å². The average Bonchev–Trinajstić information content (AvgIpc) is 3.23. The molecule has 2 atom stereocenters. The topological polar surface area (TPSA) is 90.3 Å². The predicted octanol–water partition coefficient (Wildman–Crippen LogP) is 3.28. The number of aromatic nitrogens is 1. The largest absolute Gasteiger partial charge is 0.440 e. The lowest BCUT2D eigenvalue weighted by molar-refractivity contribution is 0.0955. The number of benzene rings is 1. The molecule has 2 aliphatic heterocycles. The molecule has 2 N–H and O–H groups in total. The van der Waals surface area contributed by atoms with Gasteiger partial charge < -0.3 is 19.8 Å². The third-order valence-electron chi connectivity index (χ3n) is 5.55. The molecule has 150 valence electrons. The summed E-state index contributed by atoms with van der Waals surface area (Å²) in [7, 11) is 0. The van der Waals surface area contributed by atoms with E-state index in [0.29, 0.717) is 17.9 Å². The number of nitrogens with zero attached hydrogens (tertiary/aromatic N) is 2. The maximum absolute atomic E-state index is 13.5. The molecule has 0 bridgehead atoms. The Labute approximate surface area is 173 Å². The molecule has 6 nitrogen and oxygen atoms in total. The quantitative estimate of drug-likeness (QED) is 0.780. The minimum absolute atomic E-state index is 0.0318. The van der Waals surface area contributed by atoms with E-state index in [-0.39, 0.29) is 23.1 Å². The molecule has 1 aromatic carbocycles. The Kier molecular flexibility index (Phi) is 5.39. The molecule has 0 unspecified atom stereocenters. The fourth-order valence-electron chi connectivity index (χ4n) is 4.03. The zero-order chi connectivity index (χ0) is 20.5. The van der Waals surface area contributed by atoms with Gasteiger partial charge in [0.25, 0.3) is 5.56 Å². The van der Waals surface area contributed by atoms with E-state index >= 15 is 0 Å². The van der Waals surface area contributed by atoms with Gasteiger partial charge in [0.1, 0.15) is 17.4 Å². The summed E-state index contributed by atoms with van der Waals surface area (Å²) in [6, 6.07) is 11.8. The van der Waals surface area contributed by atoms with Crippen molar-refractivity contribution < 1.29 is 9.47 Å². The van der Waals surface area contributed by atoms with Gasteiger partial charge in [-0.05, 0) is 43.7 Å². The van der Waals surface area contributed by atoms with Gasteiger partial charge in [-0.3, -0.25) is 4.79 Å². The van der Waals surface area contributed by atoms with E-state index in [9.17, 15) is 10.1 Å². The van der Waals surface area contributed by atoms with Crippen molar-refractivity contribution in [1.82, 2.24) is 4.57 Å². The van der Waals surface area contributed by atoms with Crippen LogP contribution in [-0.4, -0.2) is 23.5 Å². The zero-order valence-corrected chi connectivity index (χ0v) is 17.3. The van der Waals surface area contributed by atoms with Crippen molar-refractivity contribution in [2.45, 2.75) is 43.2 Å². The van der Waals surface area contributed by atoms with Crippen molar-refractivity contribution >= 4 is 11.8 Å². The molecule has 0 aliphatic carbocycles.